The summed E-state index contributed by atoms with van der Waals surface area (Å²) < 4.78 is 38.9. The maximum atomic E-state index is 12.9. The van der Waals surface area contributed by atoms with E-state index in [-0.39, 0.29) is 43.7 Å². The van der Waals surface area contributed by atoms with Gasteiger partial charge in [0.15, 0.2) is 5.79 Å². The van der Waals surface area contributed by atoms with E-state index >= 15 is 0 Å². The Morgan fingerprint density at radius 1 is 1.25 bits per heavy atom. The predicted molar refractivity (Wildman–Crippen MR) is 100 cm³/mol. The Hall–Kier alpha value is -1.92. The highest BCUT2D eigenvalue weighted by Gasteiger charge is 2.46. The molecular formula is C17H20N4O5S2. The molecule has 0 aromatic carbocycles. The molecule has 0 saturated carbocycles. The van der Waals surface area contributed by atoms with Crippen LogP contribution >= 0.6 is 11.3 Å². The quantitative estimate of drug-likeness (QED) is 0.716. The van der Waals surface area contributed by atoms with E-state index in [0.29, 0.717) is 12.2 Å². The second-order valence-corrected chi connectivity index (χ2v) is 9.61. The smallest absolute Gasteiger partial charge is 0.273 e. The second kappa shape index (κ2) is 7.48. The van der Waals surface area contributed by atoms with Crippen LogP contribution in [0.15, 0.2) is 34.8 Å². The first-order valence-electron chi connectivity index (χ1n) is 8.79. The van der Waals surface area contributed by atoms with E-state index in [9.17, 15) is 13.2 Å². The van der Waals surface area contributed by atoms with Gasteiger partial charge in [-0.2, -0.15) is 4.31 Å². The summed E-state index contributed by atoms with van der Waals surface area (Å²) in [4.78, 5) is 22.6. The van der Waals surface area contributed by atoms with Gasteiger partial charge in [0.05, 0.1) is 31.3 Å². The third-order valence-corrected chi connectivity index (χ3v) is 7.28. The Bertz CT molecular complexity index is 961. The van der Waals surface area contributed by atoms with Gasteiger partial charge in [-0.15, -0.1) is 11.3 Å². The van der Waals surface area contributed by atoms with Gasteiger partial charge in [-0.25, -0.2) is 13.4 Å². The number of sulfonamides is 1. The topological polar surface area (TPSA) is 102 Å². The lowest BCUT2D eigenvalue weighted by molar-refractivity contribution is -0.279. The van der Waals surface area contributed by atoms with Crippen LogP contribution in [0.5, 0.6) is 0 Å². The van der Waals surface area contributed by atoms with Crippen LogP contribution in [-0.2, 0) is 19.5 Å². The summed E-state index contributed by atoms with van der Waals surface area (Å²) in [6.07, 6.45) is 2.84. The number of rotatable bonds is 3. The fourth-order valence-corrected chi connectivity index (χ4v) is 5.33. The Labute approximate surface area is 167 Å². The standard InChI is InChI=1S/C17H20N4O5S2/c1-13-19-15(10-27-13)16(22)20-5-7-25-17(11-20)12-21(6-8-26-17)28(23,24)14-3-2-4-18-9-14/h2-4,9-10H,5-8,11-12H2,1H3. The Kier molecular flexibility index (Phi) is 5.19. The summed E-state index contributed by atoms with van der Waals surface area (Å²) in [5.74, 6) is -1.39. The lowest BCUT2D eigenvalue weighted by Crippen LogP contribution is -2.63. The number of carbonyl (C=O) groups is 1. The van der Waals surface area contributed by atoms with Crippen LogP contribution in [0.25, 0.3) is 0 Å². The summed E-state index contributed by atoms with van der Waals surface area (Å²) in [6, 6.07) is 3.09. The molecule has 4 heterocycles. The molecule has 2 aromatic rings. The summed E-state index contributed by atoms with van der Waals surface area (Å²) in [5.41, 5.74) is 0.384. The van der Waals surface area contributed by atoms with Crippen LogP contribution < -0.4 is 0 Å². The molecule has 1 unspecified atom stereocenters. The second-order valence-electron chi connectivity index (χ2n) is 6.61. The summed E-state index contributed by atoms with van der Waals surface area (Å²) in [6.45, 7) is 3.03. The molecular weight excluding hydrogens is 404 g/mol. The monoisotopic (exact) mass is 424 g/mol. The number of nitrogens with zero attached hydrogens (tertiary/aromatic N) is 4. The van der Waals surface area contributed by atoms with Gasteiger partial charge in [0.25, 0.3) is 5.91 Å². The Balaban J connectivity index is 1.53. The fourth-order valence-electron chi connectivity index (χ4n) is 3.32. The maximum absolute atomic E-state index is 12.9. The number of hydrogen-bond acceptors (Lipinski definition) is 8. The zero-order valence-corrected chi connectivity index (χ0v) is 16.9. The van der Waals surface area contributed by atoms with Crippen molar-refractivity contribution < 1.29 is 22.7 Å². The number of morpholine rings is 2. The van der Waals surface area contributed by atoms with Crippen molar-refractivity contribution in [2.75, 3.05) is 39.4 Å². The highest BCUT2D eigenvalue weighted by molar-refractivity contribution is 7.89. The molecule has 1 spiro atoms. The van der Waals surface area contributed by atoms with Crippen molar-refractivity contribution in [3.05, 3.63) is 40.6 Å². The summed E-state index contributed by atoms with van der Waals surface area (Å²) in [7, 11) is -3.73. The van der Waals surface area contributed by atoms with Gasteiger partial charge in [-0.1, -0.05) is 0 Å². The molecule has 1 atom stereocenters. The number of aromatic nitrogens is 2. The number of thiazole rings is 1. The Morgan fingerprint density at radius 2 is 2.04 bits per heavy atom. The molecule has 1 amide bonds. The largest absolute Gasteiger partial charge is 0.346 e. The van der Waals surface area contributed by atoms with E-state index < -0.39 is 15.8 Å². The van der Waals surface area contributed by atoms with Crippen molar-refractivity contribution in [2.45, 2.75) is 17.6 Å². The van der Waals surface area contributed by atoms with Gasteiger partial charge >= 0.3 is 0 Å². The first-order valence-corrected chi connectivity index (χ1v) is 11.1. The minimum atomic E-state index is -3.73. The average molecular weight is 425 g/mol. The van der Waals surface area contributed by atoms with Crippen LogP contribution in [0.1, 0.15) is 15.5 Å². The number of carbonyl (C=O) groups excluding carboxylic acids is 1. The number of hydrogen-bond donors (Lipinski definition) is 0. The number of ether oxygens (including phenoxy) is 2. The molecule has 11 heteroatoms. The first kappa shape index (κ1) is 19.4. The van der Waals surface area contributed by atoms with Gasteiger partial charge in [0.2, 0.25) is 10.0 Å². The highest BCUT2D eigenvalue weighted by Crippen LogP contribution is 2.28. The van der Waals surface area contributed by atoms with Crippen molar-refractivity contribution >= 4 is 27.3 Å². The third-order valence-electron chi connectivity index (χ3n) is 4.68. The molecule has 150 valence electrons. The van der Waals surface area contributed by atoms with E-state index in [0.717, 1.165) is 5.01 Å². The van der Waals surface area contributed by atoms with E-state index in [1.165, 1.54) is 34.1 Å². The van der Waals surface area contributed by atoms with Crippen molar-refractivity contribution in [2.24, 2.45) is 0 Å². The molecule has 28 heavy (non-hydrogen) atoms. The normalized spacial score (nSPS) is 23.8. The first-order chi connectivity index (χ1) is 13.4. The van der Waals surface area contributed by atoms with Crippen molar-refractivity contribution in [3.63, 3.8) is 0 Å². The van der Waals surface area contributed by atoms with Gasteiger partial charge in [-0.3, -0.25) is 9.78 Å². The van der Waals surface area contributed by atoms with Crippen molar-refractivity contribution in [1.82, 2.24) is 19.2 Å². The molecule has 2 aliphatic heterocycles. The molecule has 2 aliphatic rings. The van der Waals surface area contributed by atoms with E-state index in [1.54, 1.807) is 16.3 Å². The number of aryl methyl sites for hydroxylation is 1. The molecule has 4 rings (SSSR count). The van der Waals surface area contributed by atoms with Crippen molar-refractivity contribution in [1.29, 1.82) is 0 Å². The van der Waals surface area contributed by atoms with E-state index in [1.807, 2.05) is 6.92 Å². The van der Waals surface area contributed by atoms with Crippen LogP contribution in [0.3, 0.4) is 0 Å². The molecule has 0 bridgehead atoms. The van der Waals surface area contributed by atoms with E-state index in [4.69, 9.17) is 9.47 Å². The lowest BCUT2D eigenvalue weighted by atomic mass is 10.1. The molecule has 9 nitrogen and oxygen atoms in total. The molecule has 2 aromatic heterocycles. The van der Waals surface area contributed by atoms with Crippen molar-refractivity contribution in [3.8, 4) is 0 Å². The number of pyridine rings is 1. The zero-order chi connectivity index (χ0) is 19.8. The predicted octanol–water partition coefficient (Wildman–Crippen LogP) is 0.736. The van der Waals surface area contributed by atoms with Crippen LogP contribution in [0.2, 0.25) is 0 Å². The van der Waals surface area contributed by atoms with Crippen LogP contribution in [0.4, 0.5) is 0 Å². The zero-order valence-electron chi connectivity index (χ0n) is 15.3. The Morgan fingerprint density at radius 3 is 2.71 bits per heavy atom. The maximum Gasteiger partial charge on any atom is 0.273 e. The lowest BCUT2D eigenvalue weighted by Gasteiger charge is -2.46. The van der Waals surface area contributed by atoms with Gasteiger partial charge in [0, 0.05) is 30.9 Å². The molecule has 2 fully saturated rings. The minimum Gasteiger partial charge on any atom is -0.346 e. The van der Waals surface area contributed by atoms with Gasteiger partial charge in [0.1, 0.15) is 10.6 Å². The molecule has 0 N–H and O–H groups in total. The minimum absolute atomic E-state index is 0.00407. The highest BCUT2D eigenvalue weighted by atomic mass is 32.2. The summed E-state index contributed by atoms with van der Waals surface area (Å²) >= 11 is 1.41. The SMILES string of the molecule is Cc1nc(C(=O)N2CCOC3(C2)CN(S(=O)(=O)c2cccnc2)CCO3)cs1. The van der Waals surface area contributed by atoms with Crippen LogP contribution in [-0.4, -0.2) is 78.7 Å². The average Bonchev–Trinajstić information content (AvgIpc) is 3.14. The van der Waals surface area contributed by atoms with Crippen LogP contribution in [0, 0.1) is 6.92 Å². The van der Waals surface area contributed by atoms with Gasteiger partial charge in [-0.05, 0) is 19.1 Å². The molecule has 0 aliphatic carbocycles. The molecule has 0 radical (unpaired) electrons. The third kappa shape index (κ3) is 3.67. The summed E-state index contributed by atoms with van der Waals surface area (Å²) in [5, 5.41) is 2.54. The van der Waals surface area contributed by atoms with Gasteiger partial charge < -0.3 is 14.4 Å². The molecule has 2 saturated heterocycles. The van der Waals surface area contributed by atoms with E-state index in [2.05, 4.69) is 9.97 Å². The number of amides is 1. The fraction of sp³-hybridized carbons (Fsp3) is 0.471.